The van der Waals surface area contributed by atoms with Crippen molar-refractivity contribution >= 4 is 5.91 Å². The average Bonchev–Trinajstić information content (AvgIpc) is 2.49. The number of unbranched alkanes of at least 4 members (excludes halogenated alkanes) is 9. The number of amides is 1. The van der Waals surface area contributed by atoms with Crippen LogP contribution in [0, 0.1) is 12.3 Å². The number of nitrogens with one attached hydrogen (secondary N) is 1. The summed E-state index contributed by atoms with van der Waals surface area (Å²) in [6.07, 6.45) is 21.5. The van der Waals surface area contributed by atoms with Gasteiger partial charge in [-0.15, -0.1) is 6.42 Å². The summed E-state index contributed by atoms with van der Waals surface area (Å²) in [7, 11) is 0. The quantitative estimate of drug-likeness (QED) is 0.345. The molecule has 0 aromatic carbocycles. The Balaban J connectivity index is 3.81. The van der Waals surface area contributed by atoms with Crippen molar-refractivity contribution in [2.24, 2.45) is 0 Å². The van der Waals surface area contributed by atoms with E-state index in [4.69, 9.17) is 6.42 Å². The predicted molar refractivity (Wildman–Crippen MR) is 92.1 cm³/mol. The molecule has 1 N–H and O–H groups in total. The normalized spacial score (nSPS) is 11.9. The van der Waals surface area contributed by atoms with Crippen molar-refractivity contribution in [2.75, 3.05) is 0 Å². The van der Waals surface area contributed by atoms with Gasteiger partial charge in [-0.05, 0) is 18.8 Å². The molecule has 0 saturated heterocycles. The highest BCUT2D eigenvalue weighted by molar-refractivity contribution is 5.92. The first kappa shape index (κ1) is 20.0. The van der Waals surface area contributed by atoms with Gasteiger partial charge in [-0.2, -0.15) is 0 Å². The van der Waals surface area contributed by atoms with Crippen LogP contribution in [0.4, 0.5) is 0 Å². The van der Waals surface area contributed by atoms with Gasteiger partial charge in [0.05, 0.1) is 0 Å². The highest BCUT2D eigenvalue weighted by atomic mass is 16.1. The lowest BCUT2D eigenvalue weighted by atomic mass is 10.00. The van der Waals surface area contributed by atoms with Crippen LogP contribution in [0.5, 0.6) is 0 Å². The molecule has 1 unspecified atom stereocenters. The van der Waals surface area contributed by atoms with Crippen molar-refractivity contribution < 1.29 is 4.79 Å². The summed E-state index contributed by atoms with van der Waals surface area (Å²) in [5.74, 6) is 1.92. The molecule has 0 fully saturated rings. The first-order chi connectivity index (χ1) is 10.2. The van der Waals surface area contributed by atoms with Gasteiger partial charge in [0, 0.05) is 6.04 Å². The molecule has 0 radical (unpaired) electrons. The fraction of sp³-hybridized carbons (Fsp3) is 0.842. The van der Waals surface area contributed by atoms with Crippen LogP contribution in [0.3, 0.4) is 0 Å². The van der Waals surface area contributed by atoms with Crippen molar-refractivity contribution in [2.45, 2.75) is 103 Å². The fourth-order valence-corrected chi connectivity index (χ4v) is 2.68. The highest BCUT2D eigenvalue weighted by Gasteiger charge is 2.10. The van der Waals surface area contributed by atoms with Crippen LogP contribution in [0.15, 0.2) is 0 Å². The summed E-state index contributed by atoms with van der Waals surface area (Å²) in [4.78, 5) is 11.4. The Morgan fingerprint density at radius 2 is 1.29 bits per heavy atom. The second-order valence-electron chi connectivity index (χ2n) is 6.07. The SMILES string of the molecule is C#CC(=O)NC(CCCCCCC)CCCCCCCC. The number of hydrogen-bond donors (Lipinski definition) is 1. The van der Waals surface area contributed by atoms with Crippen LogP contribution in [-0.4, -0.2) is 11.9 Å². The summed E-state index contributed by atoms with van der Waals surface area (Å²) >= 11 is 0. The summed E-state index contributed by atoms with van der Waals surface area (Å²) in [5.41, 5.74) is 0. The molecule has 0 bridgehead atoms. The number of rotatable bonds is 14. The van der Waals surface area contributed by atoms with E-state index in [-0.39, 0.29) is 11.9 Å². The first-order valence-electron chi connectivity index (χ1n) is 9.01. The highest BCUT2D eigenvalue weighted by Crippen LogP contribution is 2.14. The second kappa shape index (κ2) is 15.4. The van der Waals surface area contributed by atoms with E-state index in [1.165, 1.54) is 70.6 Å². The van der Waals surface area contributed by atoms with Gasteiger partial charge in [-0.1, -0.05) is 84.5 Å². The number of carbonyl (C=O) groups excluding carboxylic acids is 1. The van der Waals surface area contributed by atoms with Crippen LogP contribution in [0.1, 0.15) is 97.3 Å². The van der Waals surface area contributed by atoms with Crippen molar-refractivity contribution in [1.29, 1.82) is 0 Å². The zero-order chi connectivity index (χ0) is 15.8. The summed E-state index contributed by atoms with van der Waals surface area (Å²) < 4.78 is 0. The molecule has 21 heavy (non-hydrogen) atoms. The molecule has 1 amide bonds. The lowest BCUT2D eigenvalue weighted by Gasteiger charge is -2.17. The van der Waals surface area contributed by atoms with Gasteiger partial charge < -0.3 is 5.32 Å². The Kier molecular flexibility index (Phi) is 14.7. The summed E-state index contributed by atoms with van der Waals surface area (Å²) in [6, 6.07) is 0.279. The minimum atomic E-state index is -0.250. The van der Waals surface area contributed by atoms with Crippen molar-refractivity contribution in [3.8, 4) is 12.3 Å². The molecule has 0 aromatic rings. The lowest BCUT2D eigenvalue weighted by Crippen LogP contribution is -2.33. The van der Waals surface area contributed by atoms with Crippen LogP contribution in [0.25, 0.3) is 0 Å². The maximum Gasteiger partial charge on any atom is 0.295 e. The fourth-order valence-electron chi connectivity index (χ4n) is 2.68. The molecule has 0 rings (SSSR count). The van der Waals surface area contributed by atoms with E-state index in [1.807, 2.05) is 0 Å². The monoisotopic (exact) mass is 293 g/mol. The minimum Gasteiger partial charge on any atom is -0.343 e. The van der Waals surface area contributed by atoms with Crippen molar-refractivity contribution in [1.82, 2.24) is 5.32 Å². The van der Waals surface area contributed by atoms with Gasteiger partial charge in [0.15, 0.2) is 0 Å². The van der Waals surface area contributed by atoms with E-state index >= 15 is 0 Å². The van der Waals surface area contributed by atoms with E-state index in [9.17, 15) is 4.79 Å². The minimum absolute atomic E-state index is 0.250. The second-order valence-corrected chi connectivity index (χ2v) is 6.07. The van der Waals surface area contributed by atoms with E-state index < -0.39 is 0 Å². The Labute approximate surface area is 132 Å². The molecule has 0 aliphatic carbocycles. The molecule has 0 heterocycles. The van der Waals surface area contributed by atoms with Crippen LogP contribution < -0.4 is 5.32 Å². The van der Waals surface area contributed by atoms with Gasteiger partial charge in [-0.3, -0.25) is 4.79 Å². The van der Waals surface area contributed by atoms with E-state index in [2.05, 4.69) is 25.1 Å². The smallest absolute Gasteiger partial charge is 0.295 e. The first-order valence-corrected chi connectivity index (χ1v) is 9.01. The third kappa shape index (κ3) is 13.8. The molecule has 0 aliphatic rings. The molecule has 122 valence electrons. The predicted octanol–water partition coefficient (Wildman–Crippen LogP) is 5.22. The third-order valence-corrected chi connectivity index (χ3v) is 4.03. The molecule has 0 aromatic heterocycles. The van der Waals surface area contributed by atoms with Crippen molar-refractivity contribution in [3.63, 3.8) is 0 Å². The van der Waals surface area contributed by atoms with Gasteiger partial charge in [0.1, 0.15) is 0 Å². The molecular weight excluding hydrogens is 258 g/mol. The number of terminal acetylenes is 1. The number of carbonyl (C=O) groups is 1. The molecule has 0 saturated carbocycles. The van der Waals surface area contributed by atoms with Crippen LogP contribution >= 0.6 is 0 Å². The average molecular weight is 293 g/mol. The van der Waals surface area contributed by atoms with Gasteiger partial charge in [0.2, 0.25) is 0 Å². The maximum absolute atomic E-state index is 11.4. The molecule has 0 spiro atoms. The standard InChI is InChI=1S/C19H35NO/c1-4-7-9-11-13-15-17-18(20-19(21)6-3)16-14-12-10-8-5-2/h3,18H,4-5,7-17H2,1-2H3,(H,20,21). The third-order valence-electron chi connectivity index (χ3n) is 4.03. The van der Waals surface area contributed by atoms with Gasteiger partial charge >= 0.3 is 0 Å². The molecule has 0 aliphatic heterocycles. The van der Waals surface area contributed by atoms with E-state index in [0.717, 1.165) is 12.8 Å². The Bertz CT molecular complexity index is 280. The lowest BCUT2D eigenvalue weighted by molar-refractivity contribution is -0.116. The largest absolute Gasteiger partial charge is 0.343 e. The summed E-state index contributed by atoms with van der Waals surface area (Å²) in [6.45, 7) is 4.47. The van der Waals surface area contributed by atoms with Crippen LogP contribution in [-0.2, 0) is 4.79 Å². The zero-order valence-corrected chi connectivity index (χ0v) is 14.3. The zero-order valence-electron chi connectivity index (χ0n) is 14.3. The molecule has 2 heteroatoms. The van der Waals surface area contributed by atoms with Gasteiger partial charge in [0.25, 0.3) is 5.91 Å². The van der Waals surface area contributed by atoms with E-state index in [0.29, 0.717) is 0 Å². The van der Waals surface area contributed by atoms with Crippen LogP contribution in [0.2, 0.25) is 0 Å². The Morgan fingerprint density at radius 1 is 0.857 bits per heavy atom. The van der Waals surface area contributed by atoms with E-state index in [1.54, 1.807) is 0 Å². The topological polar surface area (TPSA) is 29.1 Å². The maximum atomic E-state index is 11.4. The number of hydrogen-bond acceptors (Lipinski definition) is 1. The Morgan fingerprint density at radius 3 is 1.71 bits per heavy atom. The molecule has 2 nitrogen and oxygen atoms in total. The summed E-state index contributed by atoms with van der Waals surface area (Å²) in [5, 5.41) is 2.98. The molecular formula is C19H35NO. The van der Waals surface area contributed by atoms with Crippen molar-refractivity contribution in [3.05, 3.63) is 0 Å². The Hall–Kier alpha value is -0.970. The van der Waals surface area contributed by atoms with Gasteiger partial charge in [-0.25, -0.2) is 0 Å². The molecule has 1 atom stereocenters.